The Balaban J connectivity index is 1.45. The van der Waals surface area contributed by atoms with E-state index in [2.05, 4.69) is 27.3 Å². The summed E-state index contributed by atoms with van der Waals surface area (Å²) in [6.45, 7) is 3.51. The smallest absolute Gasteiger partial charge is 0.362 e. The van der Waals surface area contributed by atoms with Crippen LogP contribution in [0.2, 0.25) is 0 Å². The summed E-state index contributed by atoms with van der Waals surface area (Å²) in [5.74, 6) is 0.561. The maximum atomic E-state index is 12.6. The van der Waals surface area contributed by atoms with Gasteiger partial charge in [-0.25, -0.2) is 4.98 Å². The van der Waals surface area contributed by atoms with E-state index in [1.807, 2.05) is 23.1 Å². The maximum Gasteiger partial charge on any atom is 0.417 e. The van der Waals surface area contributed by atoms with Crippen LogP contribution in [0, 0.1) is 0 Å². The number of hydrogen-bond donors (Lipinski definition) is 1. The molecule has 0 saturated carbocycles. The number of aromatic nitrogens is 1. The predicted octanol–water partition coefficient (Wildman–Crippen LogP) is 3.34. The van der Waals surface area contributed by atoms with Crippen LogP contribution in [0.1, 0.15) is 11.1 Å². The van der Waals surface area contributed by atoms with Gasteiger partial charge in [-0.05, 0) is 36.3 Å². The minimum absolute atomic E-state index is 0.561. The molecule has 27 heavy (non-hydrogen) atoms. The lowest BCUT2D eigenvalue weighted by atomic mass is 10.1. The summed E-state index contributed by atoms with van der Waals surface area (Å²) in [5, 5.41) is 3.99. The Morgan fingerprint density at radius 3 is 2.33 bits per heavy atom. The largest absolute Gasteiger partial charge is 0.417 e. The molecule has 1 N–H and O–H groups in total. The molecule has 0 radical (unpaired) electrons. The molecule has 0 bridgehead atoms. The molecule has 3 rings (SSSR count). The van der Waals surface area contributed by atoms with Gasteiger partial charge in [0.2, 0.25) is 0 Å². The lowest BCUT2D eigenvalue weighted by Crippen LogP contribution is -2.52. The monoisotopic (exact) mass is 394 g/mol. The zero-order chi connectivity index (χ0) is 19.3. The van der Waals surface area contributed by atoms with Crippen LogP contribution in [-0.2, 0) is 12.6 Å². The number of alkyl halides is 3. The minimum atomic E-state index is -4.36. The van der Waals surface area contributed by atoms with Gasteiger partial charge < -0.3 is 15.1 Å². The normalized spacial score (nSPS) is 14.9. The van der Waals surface area contributed by atoms with E-state index in [4.69, 9.17) is 12.2 Å². The highest BCUT2D eigenvalue weighted by Gasteiger charge is 2.31. The van der Waals surface area contributed by atoms with Crippen molar-refractivity contribution >= 4 is 23.1 Å². The highest BCUT2D eigenvalue weighted by Crippen LogP contribution is 2.29. The first kappa shape index (κ1) is 19.4. The molecule has 1 aromatic carbocycles. The van der Waals surface area contributed by atoms with Gasteiger partial charge >= 0.3 is 6.18 Å². The average Bonchev–Trinajstić information content (AvgIpc) is 2.68. The summed E-state index contributed by atoms with van der Waals surface area (Å²) < 4.78 is 37.9. The molecule has 144 valence electrons. The van der Waals surface area contributed by atoms with Crippen LogP contribution in [0.4, 0.5) is 19.0 Å². The molecule has 1 saturated heterocycles. The molecule has 0 atom stereocenters. The van der Waals surface area contributed by atoms with Crippen molar-refractivity contribution in [1.82, 2.24) is 15.2 Å². The third-order valence-electron chi connectivity index (χ3n) is 4.50. The number of hydrogen-bond acceptors (Lipinski definition) is 3. The fraction of sp³-hybridized carbons (Fsp3) is 0.368. The first-order chi connectivity index (χ1) is 12.9. The third kappa shape index (κ3) is 5.32. The molecule has 1 aliphatic rings. The quantitative estimate of drug-likeness (QED) is 0.804. The summed E-state index contributed by atoms with van der Waals surface area (Å²) >= 11 is 5.46. The number of nitrogens with zero attached hydrogens (tertiary/aromatic N) is 3. The Morgan fingerprint density at radius 2 is 1.74 bits per heavy atom. The molecule has 0 unspecified atom stereocenters. The summed E-state index contributed by atoms with van der Waals surface area (Å²) in [4.78, 5) is 8.02. The van der Waals surface area contributed by atoms with Gasteiger partial charge in [0.15, 0.2) is 5.11 Å². The number of benzene rings is 1. The Morgan fingerprint density at radius 1 is 1.04 bits per heavy atom. The fourth-order valence-corrected chi connectivity index (χ4v) is 3.23. The van der Waals surface area contributed by atoms with Crippen LogP contribution < -0.4 is 10.2 Å². The maximum absolute atomic E-state index is 12.6. The standard InChI is InChI=1S/C19H21F3N4S/c20-19(21,22)16-6-7-17(24-14-16)25-10-12-26(13-11-25)18(27)23-9-8-15-4-2-1-3-5-15/h1-7,14H,8-13H2,(H,23,27). The number of thiocarbonyl (C=S) groups is 1. The fourth-order valence-electron chi connectivity index (χ4n) is 2.95. The Hall–Kier alpha value is -2.35. The zero-order valence-electron chi connectivity index (χ0n) is 14.7. The first-order valence-electron chi connectivity index (χ1n) is 8.78. The van der Waals surface area contributed by atoms with E-state index in [9.17, 15) is 13.2 Å². The molecular weight excluding hydrogens is 373 g/mol. The molecule has 0 aliphatic carbocycles. The lowest BCUT2D eigenvalue weighted by molar-refractivity contribution is -0.137. The topological polar surface area (TPSA) is 31.4 Å². The number of rotatable bonds is 4. The molecular formula is C19H21F3N4S. The van der Waals surface area contributed by atoms with Crippen LogP contribution in [0.15, 0.2) is 48.7 Å². The van der Waals surface area contributed by atoms with Gasteiger partial charge in [-0.15, -0.1) is 0 Å². The van der Waals surface area contributed by atoms with E-state index >= 15 is 0 Å². The van der Waals surface area contributed by atoms with Gasteiger partial charge in [0, 0.05) is 38.9 Å². The second kappa shape index (κ2) is 8.56. The predicted molar refractivity (Wildman–Crippen MR) is 104 cm³/mol. The van der Waals surface area contributed by atoms with E-state index < -0.39 is 11.7 Å². The molecule has 1 aliphatic heterocycles. The van der Waals surface area contributed by atoms with Crippen LogP contribution in [-0.4, -0.2) is 47.7 Å². The van der Waals surface area contributed by atoms with Crippen molar-refractivity contribution in [2.24, 2.45) is 0 Å². The van der Waals surface area contributed by atoms with Crippen molar-refractivity contribution in [1.29, 1.82) is 0 Å². The molecule has 2 heterocycles. The summed E-state index contributed by atoms with van der Waals surface area (Å²) in [5.41, 5.74) is 0.527. The average molecular weight is 394 g/mol. The van der Waals surface area contributed by atoms with Crippen molar-refractivity contribution in [3.05, 3.63) is 59.8 Å². The Kier molecular flexibility index (Phi) is 6.15. The summed E-state index contributed by atoms with van der Waals surface area (Å²) in [6.07, 6.45) is -2.57. The van der Waals surface area contributed by atoms with Crippen molar-refractivity contribution in [2.75, 3.05) is 37.6 Å². The van der Waals surface area contributed by atoms with Crippen molar-refractivity contribution < 1.29 is 13.2 Å². The van der Waals surface area contributed by atoms with E-state index in [0.717, 1.165) is 25.2 Å². The van der Waals surface area contributed by atoms with Gasteiger partial charge in [0.25, 0.3) is 0 Å². The molecule has 0 spiro atoms. The summed E-state index contributed by atoms with van der Waals surface area (Å²) in [6, 6.07) is 12.7. The number of nitrogens with one attached hydrogen (secondary N) is 1. The number of piperazine rings is 1. The second-order valence-electron chi connectivity index (χ2n) is 6.34. The van der Waals surface area contributed by atoms with Crippen LogP contribution >= 0.6 is 12.2 Å². The van der Waals surface area contributed by atoms with Crippen molar-refractivity contribution in [2.45, 2.75) is 12.6 Å². The molecule has 0 amide bonds. The highest BCUT2D eigenvalue weighted by molar-refractivity contribution is 7.80. The lowest BCUT2D eigenvalue weighted by Gasteiger charge is -2.36. The Labute approximate surface area is 162 Å². The van der Waals surface area contributed by atoms with Gasteiger partial charge in [0.1, 0.15) is 5.82 Å². The van der Waals surface area contributed by atoms with Crippen LogP contribution in [0.25, 0.3) is 0 Å². The minimum Gasteiger partial charge on any atom is -0.362 e. The molecule has 2 aromatic rings. The molecule has 1 fully saturated rings. The van der Waals surface area contributed by atoms with E-state index in [1.54, 1.807) is 0 Å². The SMILES string of the molecule is FC(F)(F)c1ccc(N2CCN(C(=S)NCCc3ccccc3)CC2)nc1. The van der Waals surface area contributed by atoms with Crippen molar-refractivity contribution in [3.8, 4) is 0 Å². The van der Waals surface area contributed by atoms with Crippen LogP contribution in [0.3, 0.4) is 0 Å². The zero-order valence-corrected chi connectivity index (χ0v) is 15.6. The highest BCUT2D eigenvalue weighted by atomic mass is 32.1. The first-order valence-corrected chi connectivity index (χ1v) is 9.19. The van der Waals surface area contributed by atoms with Crippen molar-refractivity contribution in [3.63, 3.8) is 0 Å². The van der Waals surface area contributed by atoms with Gasteiger partial charge in [0.05, 0.1) is 5.56 Å². The molecule has 1 aromatic heterocycles. The van der Waals surface area contributed by atoms with E-state index in [0.29, 0.717) is 37.1 Å². The summed E-state index contributed by atoms with van der Waals surface area (Å²) in [7, 11) is 0. The van der Waals surface area contributed by atoms with Crippen LogP contribution in [0.5, 0.6) is 0 Å². The van der Waals surface area contributed by atoms with Gasteiger partial charge in [-0.2, -0.15) is 13.2 Å². The molecule has 8 heteroatoms. The van der Waals surface area contributed by atoms with Gasteiger partial charge in [-0.3, -0.25) is 0 Å². The van der Waals surface area contributed by atoms with Gasteiger partial charge in [-0.1, -0.05) is 30.3 Å². The second-order valence-corrected chi connectivity index (χ2v) is 6.73. The number of halogens is 3. The van der Waals surface area contributed by atoms with E-state index in [-0.39, 0.29) is 0 Å². The molecule has 4 nitrogen and oxygen atoms in total. The number of anilines is 1. The Bertz CT molecular complexity index is 742. The van der Waals surface area contributed by atoms with E-state index in [1.165, 1.54) is 11.6 Å². The number of pyridine rings is 1. The third-order valence-corrected chi connectivity index (χ3v) is 4.90.